The molecule has 3 heteroatoms. The van der Waals surface area contributed by atoms with Crippen molar-refractivity contribution in [2.75, 3.05) is 0 Å². The molecule has 3 rings (SSSR count). The topological polar surface area (TPSA) is 17.8 Å². The third-order valence-corrected chi connectivity index (χ3v) is 3.02. The average molecular weight is 200 g/mol. The van der Waals surface area contributed by atoms with Gasteiger partial charge in [-0.2, -0.15) is 0 Å². The molecule has 68 valence electrons. The van der Waals surface area contributed by atoms with Gasteiger partial charge in [-0.05, 0) is 24.3 Å². The predicted molar refractivity (Wildman–Crippen MR) is 58.9 cm³/mol. The lowest BCUT2D eigenvalue weighted by molar-refractivity contribution is 1.09. The summed E-state index contributed by atoms with van der Waals surface area (Å²) in [6.45, 7) is 0. The zero-order valence-corrected chi connectivity index (χ0v) is 8.24. The van der Waals surface area contributed by atoms with Gasteiger partial charge in [0.05, 0.1) is 15.9 Å². The summed E-state index contributed by atoms with van der Waals surface area (Å²) in [7, 11) is 0. The Morgan fingerprint density at radius 3 is 2.79 bits per heavy atom. The molecule has 0 saturated heterocycles. The van der Waals surface area contributed by atoms with Gasteiger partial charge in [0, 0.05) is 12.4 Å². The van der Waals surface area contributed by atoms with Gasteiger partial charge in [-0.25, -0.2) is 4.98 Å². The maximum atomic E-state index is 4.37. The van der Waals surface area contributed by atoms with E-state index < -0.39 is 0 Å². The summed E-state index contributed by atoms with van der Waals surface area (Å²) in [6.07, 6.45) is 4.07. The Kier molecular flexibility index (Phi) is 1.64. The van der Waals surface area contributed by atoms with Crippen LogP contribution in [0.25, 0.3) is 15.9 Å². The molecule has 1 aromatic carbocycles. The van der Waals surface area contributed by atoms with Crippen LogP contribution in [0.2, 0.25) is 0 Å². The fourth-order valence-corrected chi connectivity index (χ4v) is 2.27. The number of hydrogen-bond acceptors (Lipinski definition) is 2. The molecule has 14 heavy (non-hydrogen) atoms. The first-order valence-corrected chi connectivity index (χ1v) is 5.29. The highest BCUT2D eigenvalue weighted by Crippen LogP contribution is 2.23. The molecule has 3 aromatic rings. The average Bonchev–Trinajstić information content (AvgIpc) is 2.88. The van der Waals surface area contributed by atoms with E-state index in [9.17, 15) is 0 Å². The molecule has 0 amide bonds. The minimum absolute atomic E-state index is 1.08. The van der Waals surface area contributed by atoms with E-state index in [0.717, 1.165) is 11.2 Å². The fourth-order valence-electron chi connectivity index (χ4n) is 1.57. The summed E-state index contributed by atoms with van der Waals surface area (Å²) in [5, 5.41) is 0. The van der Waals surface area contributed by atoms with Crippen LogP contribution in [0.15, 0.2) is 48.2 Å². The molecule has 0 saturated carbocycles. The van der Waals surface area contributed by atoms with E-state index in [1.807, 2.05) is 30.0 Å². The van der Waals surface area contributed by atoms with E-state index in [2.05, 4.69) is 27.8 Å². The van der Waals surface area contributed by atoms with Crippen LogP contribution in [0.1, 0.15) is 0 Å². The zero-order chi connectivity index (χ0) is 9.38. The molecule has 2 heterocycles. The summed E-state index contributed by atoms with van der Waals surface area (Å²) < 4.78 is 3.32. The number of aromatic nitrogens is 2. The molecule has 0 radical (unpaired) electrons. The Bertz CT molecular complexity index is 551. The first-order valence-electron chi connectivity index (χ1n) is 4.41. The van der Waals surface area contributed by atoms with Crippen molar-refractivity contribution < 1.29 is 0 Å². The second kappa shape index (κ2) is 2.96. The molecule has 0 bridgehead atoms. The smallest absolute Gasteiger partial charge is 0.105 e. The Morgan fingerprint density at radius 2 is 1.93 bits per heavy atom. The quantitative estimate of drug-likeness (QED) is 0.590. The van der Waals surface area contributed by atoms with Gasteiger partial charge < -0.3 is 4.57 Å². The second-order valence-electron chi connectivity index (χ2n) is 3.07. The van der Waals surface area contributed by atoms with Crippen molar-refractivity contribution in [2.24, 2.45) is 0 Å². The van der Waals surface area contributed by atoms with E-state index in [1.165, 1.54) is 4.70 Å². The minimum Gasteiger partial charge on any atom is -0.322 e. The normalized spacial score (nSPS) is 10.9. The first-order chi connectivity index (χ1) is 6.95. The molecule has 0 N–H and O–H groups in total. The largest absolute Gasteiger partial charge is 0.322 e. The van der Waals surface area contributed by atoms with E-state index in [-0.39, 0.29) is 0 Å². The van der Waals surface area contributed by atoms with Gasteiger partial charge in [0.15, 0.2) is 0 Å². The van der Waals surface area contributed by atoms with Crippen molar-refractivity contribution in [3.8, 4) is 5.69 Å². The molecule has 0 atom stereocenters. The molecule has 0 aliphatic rings. The number of hydrogen-bond donors (Lipinski definition) is 0. The third-order valence-electron chi connectivity index (χ3n) is 2.22. The molecule has 0 aliphatic carbocycles. The maximum Gasteiger partial charge on any atom is 0.105 e. The molecule has 2 nitrogen and oxygen atoms in total. The Morgan fingerprint density at radius 1 is 1.07 bits per heavy atom. The fraction of sp³-hybridized carbons (Fsp3) is 0. The molecule has 0 fully saturated rings. The van der Waals surface area contributed by atoms with Crippen molar-refractivity contribution in [1.82, 2.24) is 9.55 Å². The SMILES string of the molecule is c1cc(-n2cccc2)c2ncsc2c1. The number of nitrogens with zero attached hydrogens (tertiary/aromatic N) is 2. The van der Waals surface area contributed by atoms with Crippen LogP contribution < -0.4 is 0 Å². The Labute approximate surface area is 85.4 Å². The van der Waals surface area contributed by atoms with Crippen molar-refractivity contribution in [3.63, 3.8) is 0 Å². The van der Waals surface area contributed by atoms with Gasteiger partial charge in [-0.1, -0.05) is 6.07 Å². The number of thiazole rings is 1. The van der Waals surface area contributed by atoms with Crippen molar-refractivity contribution in [2.45, 2.75) is 0 Å². The predicted octanol–water partition coefficient (Wildman–Crippen LogP) is 3.09. The highest BCUT2D eigenvalue weighted by atomic mass is 32.1. The van der Waals surface area contributed by atoms with E-state index >= 15 is 0 Å². The molecule has 0 spiro atoms. The lowest BCUT2D eigenvalue weighted by Crippen LogP contribution is -1.89. The minimum atomic E-state index is 1.08. The van der Waals surface area contributed by atoms with Gasteiger partial charge in [0.2, 0.25) is 0 Å². The van der Waals surface area contributed by atoms with Crippen LogP contribution in [0.5, 0.6) is 0 Å². The Balaban J connectivity index is 2.36. The van der Waals surface area contributed by atoms with Gasteiger partial charge in [-0.3, -0.25) is 0 Å². The van der Waals surface area contributed by atoms with Gasteiger partial charge in [0.1, 0.15) is 5.52 Å². The number of benzene rings is 1. The summed E-state index contributed by atoms with van der Waals surface area (Å²) in [5.41, 5.74) is 4.11. The summed E-state index contributed by atoms with van der Waals surface area (Å²) in [6, 6.07) is 10.3. The van der Waals surface area contributed by atoms with Gasteiger partial charge in [0.25, 0.3) is 0 Å². The zero-order valence-electron chi connectivity index (χ0n) is 7.42. The number of fused-ring (bicyclic) bond motifs is 1. The van der Waals surface area contributed by atoms with Crippen molar-refractivity contribution in [3.05, 3.63) is 48.2 Å². The highest BCUT2D eigenvalue weighted by Gasteiger charge is 2.03. The van der Waals surface area contributed by atoms with Crippen LogP contribution in [0, 0.1) is 0 Å². The standard InChI is InChI=1S/C11H8N2S/c1-2-7-13(6-1)9-4-3-5-10-11(9)12-8-14-10/h1-8H. The van der Waals surface area contributed by atoms with Gasteiger partial charge >= 0.3 is 0 Å². The highest BCUT2D eigenvalue weighted by molar-refractivity contribution is 7.16. The molecular weight excluding hydrogens is 192 g/mol. The maximum absolute atomic E-state index is 4.37. The summed E-state index contributed by atoms with van der Waals surface area (Å²) in [4.78, 5) is 4.37. The second-order valence-corrected chi connectivity index (χ2v) is 3.95. The Hall–Kier alpha value is -1.61. The molecule has 0 unspecified atom stereocenters. The molecule has 2 aromatic heterocycles. The van der Waals surface area contributed by atoms with Crippen LogP contribution >= 0.6 is 11.3 Å². The number of para-hydroxylation sites is 1. The lowest BCUT2D eigenvalue weighted by Gasteiger charge is -2.02. The lowest BCUT2D eigenvalue weighted by atomic mass is 10.3. The van der Waals surface area contributed by atoms with Crippen LogP contribution in [-0.4, -0.2) is 9.55 Å². The first kappa shape index (κ1) is 7.76. The van der Waals surface area contributed by atoms with Crippen LogP contribution in [0.3, 0.4) is 0 Å². The molecule has 0 aliphatic heterocycles. The van der Waals surface area contributed by atoms with Crippen LogP contribution in [-0.2, 0) is 0 Å². The van der Waals surface area contributed by atoms with Crippen molar-refractivity contribution in [1.29, 1.82) is 0 Å². The molecular formula is C11H8N2S. The van der Waals surface area contributed by atoms with Gasteiger partial charge in [-0.15, -0.1) is 11.3 Å². The van der Waals surface area contributed by atoms with E-state index in [4.69, 9.17) is 0 Å². The van der Waals surface area contributed by atoms with E-state index in [0.29, 0.717) is 0 Å². The van der Waals surface area contributed by atoms with Crippen molar-refractivity contribution >= 4 is 21.6 Å². The van der Waals surface area contributed by atoms with E-state index in [1.54, 1.807) is 11.3 Å². The summed E-state index contributed by atoms with van der Waals surface area (Å²) >= 11 is 1.67. The monoisotopic (exact) mass is 200 g/mol. The summed E-state index contributed by atoms with van der Waals surface area (Å²) in [5.74, 6) is 0. The number of rotatable bonds is 1. The van der Waals surface area contributed by atoms with Crippen LogP contribution in [0.4, 0.5) is 0 Å². The third kappa shape index (κ3) is 1.06.